The van der Waals surface area contributed by atoms with E-state index in [2.05, 4.69) is 10.0 Å². The monoisotopic (exact) mass is 359 g/mol. The summed E-state index contributed by atoms with van der Waals surface area (Å²) in [7, 11) is -3.92. The average Bonchev–Trinajstić information content (AvgIpc) is 3.05. The topological polar surface area (TPSA) is 79.0 Å². The fraction of sp³-hybridized carbons (Fsp3) is 0.176. The Balaban J connectivity index is 1.97. The van der Waals surface area contributed by atoms with Crippen molar-refractivity contribution >= 4 is 7.75 Å². The Hall–Kier alpha value is -2.79. The highest BCUT2D eigenvalue weighted by Gasteiger charge is 2.29. The summed E-state index contributed by atoms with van der Waals surface area (Å²) in [4.78, 5) is 0. The van der Waals surface area contributed by atoms with Crippen LogP contribution in [0.15, 0.2) is 76.1 Å². The molecule has 0 bridgehead atoms. The minimum atomic E-state index is -3.92. The zero-order valence-electron chi connectivity index (χ0n) is 13.9. The first kappa shape index (κ1) is 17.0. The molecule has 0 fully saturated rings. The molecule has 3 aromatic rings. The molecule has 2 aromatic carbocycles. The highest BCUT2D eigenvalue weighted by Crippen LogP contribution is 2.49. The fourth-order valence-electron chi connectivity index (χ4n) is 1.95. The Kier molecular flexibility index (Phi) is 5.05. The summed E-state index contributed by atoms with van der Waals surface area (Å²) in [5.74, 6) is 0.753. The van der Waals surface area contributed by atoms with Crippen molar-refractivity contribution < 1.29 is 22.8 Å². The van der Waals surface area contributed by atoms with Crippen LogP contribution in [-0.4, -0.2) is 0 Å². The van der Waals surface area contributed by atoms with Gasteiger partial charge in [0, 0.05) is 0 Å². The maximum absolute atomic E-state index is 13.2. The van der Waals surface area contributed by atoms with E-state index < -0.39 is 7.75 Å². The Labute approximate surface area is 145 Å². The van der Waals surface area contributed by atoms with Crippen molar-refractivity contribution in [3.8, 4) is 11.5 Å². The number of benzene rings is 2. The molecule has 0 radical (unpaired) electrons. The second kappa shape index (κ2) is 7.40. The lowest BCUT2D eigenvalue weighted by molar-refractivity contribution is -0.784. The lowest BCUT2D eigenvalue weighted by Gasteiger charge is -2.14. The van der Waals surface area contributed by atoms with Crippen molar-refractivity contribution in [2.75, 3.05) is 0 Å². The predicted octanol–water partition coefficient (Wildman–Crippen LogP) is 3.27. The second-order valence-electron chi connectivity index (χ2n) is 5.49. The SMILES string of the molecule is CC(C)[n+]1c/c(=N\P(=O)(Oc2ccccc2)Oc2ccccc2)o[n-]1. The first-order valence-corrected chi connectivity index (χ1v) is 9.24. The Morgan fingerprint density at radius 1 is 1.00 bits per heavy atom. The van der Waals surface area contributed by atoms with Crippen molar-refractivity contribution in [3.63, 3.8) is 0 Å². The normalized spacial score (nSPS) is 12.4. The molecule has 0 N–H and O–H groups in total. The largest absolute Gasteiger partial charge is 0.566 e. The Bertz CT molecular complexity index is 874. The first-order chi connectivity index (χ1) is 12.0. The van der Waals surface area contributed by atoms with Crippen molar-refractivity contribution in [1.29, 1.82) is 0 Å². The quantitative estimate of drug-likeness (QED) is 0.498. The zero-order valence-corrected chi connectivity index (χ0v) is 14.7. The predicted molar refractivity (Wildman–Crippen MR) is 89.9 cm³/mol. The first-order valence-electron chi connectivity index (χ1n) is 7.75. The molecular formula is C17H18N3O4P. The van der Waals surface area contributed by atoms with Crippen LogP contribution in [0.25, 0.3) is 0 Å². The van der Waals surface area contributed by atoms with E-state index in [1.807, 2.05) is 26.0 Å². The summed E-state index contributed by atoms with van der Waals surface area (Å²) in [6, 6.07) is 17.5. The van der Waals surface area contributed by atoms with Gasteiger partial charge in [0.15, 0.2) is 0 Å². The molecule has 0 aliphatic rings. The van der Waals surface area contributed by atoms with Gasteiger partial charge >= 0.3 is 7.75 Å². The van der Waals surface area contributed by atoms with Crippen LogP contribution in [0.2, 0.25) is 0 Å². The summed E-state index contributed by atoms with van der Waals surface area (Å²) in [5.41, 5.74) is 0.0592. The average molecular weight is 359 g/mol. The minimum Gasteiger partial charge on any atom is -0.486 e. The van der Waals surface area contributed by atoms with Crippen LogP contribution in [-0.2, 0) is 4.57 Å². The molecule has 7 nitrogen and oxygen atoms in total. The van der Waals surface area contributed by atoms with Crippen molar-refractivity contribution in [3.05, 3.63) is 72.4 Å². The third-order valence-corrected chi connectivity index (χ3v) is 4.47. The molecule has 0 aliphatic heterocycles. The molecule has 0 unspecified atom stereocenters. The zero-order chi connectivity index (χ0) is 17.7. The summed E-state index contributed by atoms with van der Waals surface area (Å²) >= 11 is 0. The molecule has 0 amide bonds. The van der Waals surface area contributed by atoms with Gasteiger partial charge in [-0.2, -0.15) is 0 Å². The van der Waals surface area contributed by atoms with Crippen LogP contribution in [0.1, 0.15) is 19.9 Å². The van der Waals surface area contributed by atoms with E-state index in [0.717, 1.165) is 0 Å². The molecule has 130 valence electrons. The molecule has 0 aliphatic carbocycles. The fourth-order valence-corrected chi connectivity index (χ4v) is 3.17. The van der Waals surface area contributed by atoms with Crippen molar-refractivity contribution in [1.82, 2.24) is 5.27 Å². The molecular weight excluding hydrogens is 341 g/mol. The van der Waals surface area contributed by atoms with E-state index in [1.54, 1.807) is 59.4 Å². The smallest absolute Gasteiger partial charge is 0.486 e. The lowest BCUT2D eigenvalue weighted by atomic mass is 10.3. The van der Waals surface area contributed by atoms with Gasteiger partial charge in [0.2, 0.25) is 6.20 Å². The third kappa shape index (κ3) is 4.61. The molecule has 1 heterocycles. The van der Waals surface area contributed by atoms with Crippen molar-refractivity contribution in [2.45, 2.75) is 19.9 Å². The lowest BCUT2D eigenvalue weighted by Crippen LogP contribution is -2.39. The molecule has 25 heavy (non-hydrogen) atoms. The summed E-state index contributed by atoms with van der Waals surface area (Å²) in [6.07, 6.45) is 1.54. The molecule has 0 saturated carbocycles. The van der Waals surface area contributed by atoms with Crippen LogP contribution in [0.3, 0.4) is 0 Å². The van der Waals surface area contributed by atoms with Crippen LogP contribution in [0, 0.1) is 0 Å². The number of para-hydroxylation sites is 2. The number of rotatable bonds is 6. The van der Waals surface area contributed by atoms with Gasteiger partial charge in [-0.05, 0) is 38.1 Å². The van der Waals surface area contributed by atoms with Gasteiger partial charge in [0.05, 0.1) is 0 Å². The third-order valence-electron chi connectivity index (χ3n) is 3.15. The van der Waals surface area contributed by atoms with Gasteiger partial charge in [-0.25, -0.2) is 9.25 Å². The van der Waals surface area contributed by atoms with Crippen LogP contribution >= 0.6 is 7.75 Å². The van der Waals surface area contributed by atoms with Gasteiger partial charge in [-0.3, -0.25) is 5.27 Å². The standard InChI is InChI=1S/C17H18N3O4P/c1-14(2)20-13-17(22-19-20)18-25(21,23-15-9-5-3-6-10-15)24-16-11-7-4-8-12-16/h3-14H,1-2H3/b18-17+. The van der Waals surface area contributed by atoms with Gasteiger partial charge < -0.3 is 13.6 Å². The van der Waals surface area contributed by atoms with E-state index in [9.17, 15) is 4.57 Å². The van der Waals surface area contributed by atoms with E-state index in [0.29, 0.717) is 11.5 Å². The Morgan fingerprint density at radius 3 is 1.96 bits per heavy atom. The van der Waals surface area contributed by atoms with E-state index in [-0.39, 0.29) is 11.6 Å². The molecule has 0 atom stereocenters. The Morgan fingerprint density at radius 2 is 1.52 bits per heavy atom. The summed E-state index contributed by atoms with van der Waals surface area (Å²) < 4.78 is 35.0. The van der Waals surface area contributed by atoms with E-state index >= 15 is 0 Å². The van der Waals surface area contributed by atoms with Crippen LogP contribution in [0.5, 0.6) is 11.5 Å². The molecule has 0 spiro atoms. The van der Waals surface area contributed by atoms with Gasteiger partial charge in [-0.1, -0.05) is 36.4 Å². The number of aromatic nitrogens is 2. The van der Waals surface area contributed by atoms with Gasteiger partial charge in [0.1, 0.15) is 17.5 Å². The highest BCUT2D eigenvalue weighted by molar-refractivity contribution is 7.53. The molecule has 3 rings (SSSR count). The number of hydrogen-bond acceptors (Lipinski definition) is 4. The van der Waals surface area contributed by atoms with E-state index in [1.165, 1.54) is 0 Å². The van der Waals surface area contributed by atoms with Gasteiger partial charge in [0.25, 0.3) is 5.55 Å². The maximum atomic E-state index is 13.2. The van der Waals surface area contributed by atoms with Crippen molar-refractivity contribution in [2.24, 2.45) is 4.76 Å². The number of hydrogen-bond donors (Lipinski definition) is 0. The second-order valence-corrected chi connectivity index (χ2v) is 6.99. The van der Waals surface area contributed by atoms with Crippen LogP contribution < -0.4 is 24.6 Å². The van der Waals surface area contributed by atoms with Gasteiger partial charge in [-0.15, -0.1) is 4.76 Å². The minimum absolute atomic E-state index is 0.0592. The molecule has 0 saturated heterocycles. The summed E-state index contributed by atoms with van der Waals surface area (Å²) in [5, 5.41) is 3.83. The van der Waals surface area contributed by atoms with E-state index in [4.69, 9.17) is 13.6 Å². The molecule has 8 heteroatoms. The maximum Gasteiger partial charge on any atom is 0.566 e. The van der Waals surface area contributed by atoms with Crippen LogP contribution in [0.4, 0.5) is 0 Å². The summed E-state index contributed by atoms with van der Waals surface area (Å²) in [6.45, 7) is 3.87. The molecule has 1 aromatic heterocycles. The highest BCUT2D eigenvalue weighted by atomic mass is 31.2. The number of nitrogens with zero attached hydrogens (tertiary/aromatic N) is 3.